The largest absolute Gasteiger partial charge is 0.350 e. The second kappa shape index (κ2) is 3.92. The average molecular weight is 192 g/mol. The lowest BCUT2D eigenvalue weighted by atomic mass is 10.1. The fourth-order valence-electron chi connectivity index (χ4n) is 1.79. The van der Waals surface area contributed by atoms with Gasteiger partial charge in [-0.3, -0.25) is 0 Å². The lowest BCUT2D eigenvalue weighted by Crippen LogP contribution is -2.54. The minimum atomic E-state index is 0.489. The molecule has 1 aliphatic rings. The Kier molecular flexibility index (Phi) is 2.63. The van der Waals surface area contributed by atoms with Crippen LogP contribution in [0.2, 0.25) is 0 Å². The third-order valence-corrected chi connectivity index (χ3v) is 2.62. The zero-order valence-corrected chi connectivity index (χ0v) is 8.64. The van der Waals surface area contributed by atoms with Gasteiger partial charge in [0.05, 0.1) is 0 Å². The molecule has 1 saturated heterocycles. The van der Waals surface area contributed by atoms with Crippen LogP contribution in [0.3, 0.4) is 0 Å². The van der Waals surface area contributed by atoms with Crippen LogP contribution >= 0.6 is 0 Å². The Morgan fingerprint density at radius 3 is 3.07 bits per heavy atom. The molecule has 4 heteroatoms. The Labute approximate surface area is 84.3 Å². The van der Waals surface area contributed by atoms with Crippen molar-refractivity contribution >= 4 is 5.82 Å². The Bertz CT molecular complexity index is 287. The van der Waals surface area contributed by atoms with E-state index in [-0.39, 0.29) is 0 Å². The molecule has 1 fully saturated rings. The van der Waals surface area contributed by atoms with Crippen LogP contribution in [-0.2, 0) is 0 Å². The second-order valence-electron chi connectivity index (χ2n) is 3.89. The molecule has 2 rings (SSSR count). The van der Waals surface area contributed by atoms with Crippen molar-refractivity contribution in [2.24, 2.45) is 0 Å². The van der Waals surface area contributed by atoms with Crippen LogP contribution in [0.5, 0.6) is 0 Å². The zero-order chi connectivity index (χ0) is 9.97. The van der Waals surface area contributed by atoms with E-state index in [1.807, 2.05) is 12.1 Å². The maximum atomic E-state index is 4.14. The quantitative estimate of drug-likeness (QED) is 0.710. The monoisotopic (exact) mass is 192 g/mol. The van der Waals surface area contributed by atoms with E-state index in [1.54, 1.807) is 6.20 Å². The first-order valence-corrected chi connectivity index (χ1v) is 5.05. The van der Waals surface area contributed by atoms with Crippen LogP contribution in [0.15, 0.2) is 18.3 Å². The highest BCUT2D eigenvalue weighted by Gasteiger charge is 2.23. The van der Waals surface area contributed by atoms with Gasteiger partial charge >= 0.3 is 0 Å². The summed E-state index contributed by atoms with van der Waals surface area (Å²) in [5.74, 6) is 0.980. The number of piperazine rings is 1. The zero-order valence-electron chi connectivity index (χ0n) is 8.64. The van der Waals surface area contributed by atoms with E-state index in [0.717, 1.165) is 18.9 Å². The molecule has 0 spiro atoms. The highest BCUT2D eigenvalue weighted by Crippen LogP contribution is 2.15. The minimum Gasteiger partial charge on any atom is -0.350 e. The van der Waals surface area contributed by atoms with Gasteiger partial charge in [-0.2, -0.15) is 5.10 Å². The maximum absolute atomic E-state index is 4.14. The van der Waals surface area contributed by atoms with Gasteiger partial charge in [0.2, 0.25) is 0 Å². The van der Waals surface area contributed by atoms with Crippen molar-refractivity contribution in [1.29, 1.82) is 0 Å². The molecule has 76 valence electrons. The first-order valence-electron chi connectivity index (χ1n) is 5.05. The highest BCUT2D eigenvalue weighted by molar-refractivity contribution is 5.38. The fourth-order valence-corrected chi connectivity index (χ4v) is 1.79. The topological polar surface area (TPSA) is 41.1 Å². The van der Waals surface area contributed by atoms with E-state index in [0.29, 0.717) is 12.1 Å². The van der Waals surface area contributed by atoms with Gasteiger partial charge in [-0.15, -0.1) is 5.10 Å². The molecule has 0 radical (unpaired) electrons. The van der Waals surface area contributed by atoms with E-state index >= 15 is 0 Å². The first-order chi connectivity index (χ1) is 6.77. The molecule has 4 nitrogen and oxygen atoms in total. The van der Waals surface area contributed by atoms with Gasteiger partial charge < -0.3 is 10.2 Å². The summed E-state index contributed by atoms with van der Waals surface area (Å²) in [7, 11) is 0. The summed E-state index contributed by atoms with van der Waals surface area (Å²) < 4.78 is 0. The Balaban J connectivity index is 2.16. The third kappa shape index (κ3) is 1.85. The summed E-state index contributed by atoms with van der Waals surface area (Å²) in [6.45, 7) is 6.40. The molecule has 1 aliphatic heterocycles. The van der Waals surface area contributed by atoms with Crippen LogP contribution in [0.1, 0.15) is 13.8 Å². The number of hydrogen-bond donors (Lipinski definition) is 1. The minimum absolute atomic E-state index is 0.489. The lowest BCUT2D eigenvalue weighted by Gasteiger charge is -2.38. The predicted molar refractivity (Wildman–Crippen MR) is 56.3 cm³/mol. The molecule has 2 atom stereocenters. The molecule has 0 aromatic carbocycles. The van der Waals surface area contributed by atoms with Crippen molar-refractivity contribution in [2.75, 3.05) is 18.0 Å². The number of rotatable bonds is 1. The van der Waals surface area contributed by atoms with Crippen molar-refractivity contribution in [2.45, 2.75) is 25.9 Å². The van der Waals surface area contributed by atoms with Gasteiger partial charge in [0.1, 0.15) is 0 Å². The van der Waals surface area contributed by atoms with Crippen molar-refractivity contribution in [3.05, 3.63) is 18.3 Å². The van der Waals surface area contributed by atoms with Crippen molar-refractivity contribution in [3.8, 4) is 0 Å². The van der Waals surface area contributed by atoms with Gasteiger partial charge in [0, 0.05) is 31.4 Å². The van der Waals surface area contributed by atoms with E-state index in [2.05, 4.69) is 34.3 Å². The smallest absolute Gasteiger partial charge is 0.151 e. The molecule has 2 heterocycles. The maximum Gasteiger partial charge on any atom is 0.151 e. The number of nitrogens with zero attached hydrogens (tertiary/aromatic N) is 3. The Hall–Kier alpha value is -1.16. The molecule has 1 aromatic heterocycles. The van der Waals surface area contributed by atoms with Crippen LogP contribution in [-0.4, -0.2) is 35.4 Å². The molecule has 1 N–H and O–H groups in total. The number of anilines is 1. The van der Waals surface area contributed by atoms with Crippen molar-refractivity contribution in [1.82, 2.24) is 15.5 Å². The van der Waals surface area contributed by atoms with Gasteiger partial charge in [-0.25, -0.2) is 0 Å². The lowest BCUT2D eigenvalue weighted by molar-refractivity contribution is 0.421. The second-order valence-corrected chi connectivity index (χ2v) is 3.89. The van der Waals surface area contributed by atoms with Crippen molar-refractivity contribution < 1.29 is 0 Å². The van der Waals surface area contributed by atoms with Crippen LogP contribution < -0.4 is 10.2 Å². The summed E-state index contributed by atoms with van der Waals surface area (Å²) in [5.41, 5.74) is 0. The van der Waals surface area contributed by atoms with E-state index in [1.165, 1.54) is 0 Å². The molecule has 2 unspecified atom stereocenters. The first kappa shape index (κ1) is 9.40. The summed E-state index contributed by atoms with van der Waals surface area (Å²) in [6.07, 6.45) is 1.71. The summed E-state index contributed by atoms with van der Waals surface area (Å²) in [4.78, 5) is 2.30. The van der Waals surface area contributed by atoms with E-state index < -0.39 is 0 Å². The Morgan fingerprint density at radius 1 is 1.50 bits per heavy atom. The van der Waals surface area contributed by atoms with Gasteiger partial charge in [0.25, 0.3) is 0 Å². The highest BCUT2D eigenvalue weighted by atomic mass is 15.3. The van der Waals surface area contributed by atoms with E-state index in [4.69, 9.17) is 0 Å². The number of nitrogens with one attached hydrogen (secondary N) is 1. The normalized spacial score (nSPS) is 27.7. The summed E-state index contributed by atoms with van der Waals surface area (Å²) in [6, 6.07) is 4.96. The molecule has 0 aliphatic carbocycles. The third-order valence-electron chi connectivity index (χ3n) is 2.62. The van der Waals surface area contributed by atoms with Crippen LogP contribution in [0, 0.1) is 0 Å². The SMILES string of the molecule is CC1CN(c2cccnn2)C(C)CN1. The molecule has 0 amide bonds. The average Bonchev–Trinajstić information content (AvgIpc) is 2.23. The van der Waals surface area contributed by atoms with Gasteiger partial charge in [-0.1, -0.05) is 0 Å². The predicted octanol–water partition coefficient (Wildman–Crippen LogP) is 0.663. The molecule has 0 saturated carbocycles. The van der Waals surface area contributed by atoms with Crippen LogP contribution in [0.4, 0.5) is 5.82 Å². The van der Waals surface area contributed by atoms with E-state index in [9.17, 15) is 0 Å². The summed E-state index contributed by atoms with van der Waals surface area (Å²) in [5, 5.41) is 11.5. The van der Waals surface area contributed by atoms with Crippen LogP contribution in [0.25, 0.3) is 0 Å². The standard InChI is InChI=1S/C10H16N4/c1-8-7-14(9(2)6-11-8)10-4-3-5-12-13-10/h3-5,8-9,11H,6-7H2,1-2H3. The molecular weight excluding hydrogens is 176 g/mol. The molecule has 0 bridgehead atoms. The number of aromatic nitrogens is 2. The molecule has 14 heavy (non-hydrogen) atoms. The number of hydrogen-bond acceptors (Lipinski definition) is 4. The Morgan fingerprint density at radius 2 is 2.36 bits per heavy atom. The summed E-state index contributed by atoms with van der Waals surface area (Å²) >= 11 is 0. The van der Waals surface area contributed by atoms with Crippen molar-refractivity contribution in [3.63, 3.8) is 0 Å². The van der Waals surface area contributed by atoms with Gasteiger partial charge in [-0.05, 0) is 26.0 Å². The van der Waals surface area contributed by atoms with Gasteiger partial charge in [0.15, 0.2) is 5.82 Å². The molecule has 1 aromatic rings. The molecular formula is C10H16N4. The fraction of sp³-hybridized carbons (Fsp3) is 0.600.